The molecule has 1 amide bonds. The summed E-state index contributed by atoms with van der Waals surface area (Å²) in [6.07, 6.45) is -3.42. The average Bonchev–Trinajstić information content (AvgIpc) is 3.24. The van der Waals surface area contributed by atoms with Gasteiger partial charge in [0.25, 0.3) is 11.9 Å². The van der Waals surface area contributed by atoms with Crippen LogP contribution in [0.4, 0.5) is 13.2 Å². The van der Waals surface area contributed by atoms with Crippen molar-refractivity contribution in [2.45, 2.75) is 38.4 Å². The zero-order valence-corrected chi connectivity index (χ0v) is 13.4. The number of aromatic amines is 1. The SMILES string of the molecule is Cc1nc(C(=O)N[C@H]2CC[C@@H](C(=O)O)C2)nn1-c1n[nH]c(C(F)(F)F)n1. The topological polar surface area (TPSA) is 139 Å². The normalized spacial score (nSPS) is 20.3. The fraction of sp³-hybridized carbons (Fsp3) is 0.538. The first-order valence-electron chi connectivity index (χ1n) is 7.62. The van der Waals surface area contributed by atoms with Gasteiger partial charge in [-0.2, -0.15) is 22.8 Å². The smallest absolute Gasteiger partial charge is 0.451 e. The van der Waals surface area contributed by atoms with Crippen LogP contribution < -0.4 is 5.32 Å². The van der Waals surface area contributed by atoms with Gasteiger partial charge in [-0.25, -0.2) is 4.98 Å². The highest BCUT2D eigenvalue weighted by Gasteiger charge is 2.36. The van der Waals surface area contributed by atoms with Crippen molar-refractivity contribution in [2.75, 3.05) is 0 Å². The second-order valence-electron chi connectivity index (χ2n) is 5.89. The number of alkyl halides is 3. The van der Waals surface area contributed by atoms with E-state index in [1.54, 1.807) is 5.10 Å². The van der Waals surface area contributed by atoms with E-state index < -0.39 is 35.7 Å². The van der Waals surface area contributed by atoms with Gasteiger partial charge in [-0.15, -0.1) is 10.2 Å². The standard InChI is InChI=1S/C13H14F3N7O3/c1-5-17-8(9(24)18-7-3-2-6(4-7)10(25)26)22-23(5)12-19-11(20-21-12)13(14,15)16/h6-7H,2-4H2,1H3,(H,18,24)(H,25,26)(H,19,20,21)/t6-,7+/m1/s1. The number of hydrogen-bond donors (Lipinski definition) is 3. The van der Waals surface area contributed by atoms with Crippen molar-refractivity contribution in [3.63, 3.8) is 0 Å². The molecular weight excluding hydrogens is 359 g/mol. The first kappa shape index (κ1) is 17.8. The van der Waals surface area contributed by atoms with Crippen LogP contribution in [0.15, 0.2) is 0 Å². The molecule has 1 aliphatic rings. The van der Waals surface area contributed by atoms with Gasteiger partial charge < -0.3 is 10.4 Å². The van der Waals surface area contributed by atoms with E-state index in [0.717, 1.165) is 4.68 Å². The summed E-state index contributed by atoms with van der Waals surface area (Å²) in [6, 6.07) is -0.323. The van der Waals surface area contributed by atoms with Crippen molar-refractivity contribution in [1.29, 1.82) is 0 Å². The summed E-state index contributed by atoms with van der Waals surface area (Å²) >= 11 is 0. The van der Waals surface area contributed by atoms with Crippen LogP contribution >= 0.6 is 0 Å². The minimum atomic E-state index is -4.69. The van der Waals surface area contributed by atoms with Gasteiger partial charge in [0.2, 0.25) is 11.6 Å². The highest BCUT2D eigenvalue weighted by molar-refractivity contribution is 5.90. The molecular formula is C13H14F3N7O3. The fourth-order valence-electron chi connectivity index (χ4n) is 2.74. The lowest BCUT2D eigenvalue weighted by atomic mass is 10.1. The van der Waals surface area contributed by atoms with Crippen LogP contribution in [0, 0.1) is 12.8 Å². The predicted molar refractivity (Wildman–Crippen MR) is 77.3 cm³/mol. The summed E-state index contributed by atoms with van der Waals surface area (Å²) in [7, 11) is 0. The van der Waals surface area contributed by atoms with Crippen molar-refractivity contribution in [1.82, 2.24) is 35.3 Å². The lowest BCUT2D eigenvalue weighted by Crippen LogP contribution is -2.34. The van der Waals surface area contributed by atoms with E-state index in [1.807, 2.05) is 0 Å². The van der Waals surface area contributed by atoms with Crippen LogP contribution in [0.2, 0.25) is 0 Å². The summed E-state index contributed by atoms with van der Waals surface area (Å²) in [6.45, 7) is 1.43. The molecule has 2 aromatic rings. The molecule has 1 aliphatic carbocycles. The minimum Gasteiger partial charge on any atom is -0.481 e. The Kier molecular flexibility index (Phi) is 4.38. The third-order valence-corrected chi connectivity index (χ3v) is 4.02. The van der Waals surface area contributed by atoms with Crippen molar-refractivity contribution in [3.05, 3.63) is 17.5 Å². The number of amides is 1. The third kappa shape index (κ3) is 3.50. The number of H-pyrrole nitrogens is 1. The molecule has 26 heavy (non-hydrogen) atoms. The number of aromatic nitrogens is 6. The average molecular weight is 373 g/mol. The predicted octanol–water partition coefficient (Wildman–Crippen LogP) is 0.696. The Bertz CT molecular complexity index is 844. The number of aryl methyl sites for hydroxylation is 1. The molecule has 10 nitrogen and oxygen atoms in total. The molecule has 3 N–H and O–H groups in total. The Morgan fingerprint density at radius 1 is 1.31 bits per heavy atom. The molecule has 0 aromatic carbocycles. The molecule has 13 heteroatoms. The number of hydrogen-bond acceptors (Lipinski definition) is 6. The Labute approximate surface area is 143 Å². The first-order valence-corrected chi connectivity index (χ1v) is 7.62. The number of nitrogens with one attached hydrogen (secondary N) is 2. The van der Waals surface area contributed by atoms with Gasteiger partial charge in [-0.1, -0.05) is 0 Å². The number of carboxylic acids is 1. The van der Waals surface area contributed by atoms with Gasteiger partial charge in [-0.3, -0.25) is 14.7 Å². The van der Waals surface area contributed by atoms with Gasteiger partial charge in [0.15, 0.2) is 0 Å². The summed E-state index contributed by atoms with van der Waals surface area (Å²) in [5.41, 5.74) is 0. The molecule has 0 aliphatic heterocycles. The van der Waals surface area contributed by atoms with Crippen LogP contribution in [0.5, 0.6) is 0 Å². The van der Waals surface area contributed by atoms with Crippen LogP contribution in [0.25, 0.3) is 5.95 Å². The van der Waals surface area contributed by atoms with Gasteiger partial charge in [-0.05, 0) is 26.2 Å². The molecule has 0 spiro atoms. The maximum absolute atomic E-state index is 12.6. The molecule has 3 rings (SSSR count). The molecule has 2 aromatic heterocycles. The van der Waals surface area contributed by atoms with E-state index in [2.05, 4.69) is 25.5 Å². The lowest BCUT2D eigenvalue weighted by molar-refractivity contribution is -0.144. The molecule has 0 radical (unpaired) electrons. The van der Waals surface area contributed by atoms with Crippen molar-refractivity contribution in [3.8, 4) is 5.95 Å². The van der Waals surface area contributed by atoms with Crippen LogP contribution in [0.3, 0.4) is 0 Å². The summed E-state index contributed by atoms with van der Waals surface area (Å²) in [4.78, 5) is 30.3. The summed E-state index contributed by atoms with van der Waals surface area (Å²) in [5, 5.41) is 20.6. The molecule has 2 heterocycles. The maximum Gasteiger partial charge on any atom is 0.451 e. The van der Waals surface area contributed by atoms with E-state index in [-0.39, 0.29) is 17.7 Å². The molecule has 0 saturated heterocycles. The number of aliphatic carboxylic acids is 1. The molecule has 0 bridgehead atoms. The van der Waals surface area contributed by atoms with Crippen LogP contribution in [0.1, 0.15) is 41.5 Å². The van der Waals surface area contributed by atoms with Crippen molar-refractivity contribution < 1.29 is 27.9 Å². The number of carboxylic acid groups (broad SMARTS) is 1. The zero-order chi connectivity index (χ0) is 19.1. The van der Waals surface area contributed by atoms with E-state index in [4.69, 9.17) is 5.11 Å². The molecule has 2 atom stereocenters. The summed E-state index contributed by atoms with van der Waals surface area (Å²) < 4.78 is 38.7. The highest BCUT2D eigenvalue weighted by atomic mass is 19.4. The number of rotatable bonds is 4. The molecule has 1 fully saturated rings. The van der Waals surface area contributed by atoms with Gasteiger partial charge in [0.1, 0.15) is 5.82 Å². The van der Waals surface area contributed by atoms with E-state index in [9.17, 15) is 22.8 Å². The second-order valence-corrected chi connectivity index (χ2v) is 5.89. The van der Waals surface area contributed by atoms with Gasteiger partial charge in [0.05, 0.1) is 5.92 Å². The Morgan fingerprint density at radius 3 is 2.62 bits per heavy atom. The fourth-order valence-corrected chi connectivity index (χ4v) is 2.74. The Morgan fingerprint density at radius 2 is 2.04 bits per heavy atom. The number of nitrogens with zero attached hydrogens (tertiary/aromatic N) is 5. The number of carbonyl (C=O) groups is 2. The summed E-state index contributed by atoms with van der Waals surface area (Å²) in [5.74, 6) is -3.90. The van der Waals surface area contributed by atoms with Crippen LogP contribution in [-0.4, -0.2) is 53.0 Å². The largest absolute Gasteiger partial charge is 0.481 e. The van der Waals surface area contributed by atoms with Crippen LogP contribution in [-0.2, 0) is 11.0 Å². The molecule has 140 valence electrons. The van der Waals surface area contributed by atoms with Gasteiger partial charge >= 0.3 is 12.1 Å². The van der Waals surface area contributed by atoms with E-state index in [1.165, 1.54) is 6.92 Å². The Balaban J connectivity index is 1.73. The second kappa shape index (κ2) is 6.38. The van der Waals surface area contributed by atoms with Gasteiger partial charge in [0, 0.05) is 6.04 Å². The van der Waals surface area contributed by atoms with E-state index in [0.29, 0.717) is 19.3 Å². The minimum absolute atomic E-state index is 0.123. The quantitative estimate of drug-likeness (QED) is 0.717. The maximum atomic E-state index is 12.6. The first-order chi connectivity index (χ1) is 12.1. The Hall–Kier alpha value is -2.99. The lowest BCUT2D eigenvalue weighted by Gasteiger charge is -2.10. The highest BCUT2D eigenvalue weighted by Crippen LogP contribution is 2.27. The van der Waals surface area contributed by atoms with Crippen molar-refractivity contribution >= 4 is 11.9 Å². The van der Waals surface area contributed by atoms with Crippen molar-refractivity contribution in [2.24, 2.45) is 5.92 Å². The third-order valence-electron chi connectivity index (χ3n) is 4.02. The number of halogens is 3. The monoisotopic (exact) mass is 373 g/mol. The molecule has 1 saturated carbocycles. The number of carbonyl (C=O) groups excluding carboxylic acids is 1. The zero-order valence-electron chi connectivity index (χ0n) is 13.4. The molecule has 0 unspecified atom stereocenters. The van der Waals surface area contributed by atoms with E-state index >= 15 is 0 Å².